The average molecular weight is 184 g/mol. The molecule has 0 spiro atoms. The molecule has 0 saturated carbocycles. The second-order valence-electron chi connectivity index (χ2n) is 3.93. The lowest BCUT2D eigenvalue weighted by molar-refractivity contribution is -0.192. The molecule has 0 aliphatic rings. The summed E-state index contributed by atoms with van der Waals surface area (Å²) < 4.78 is 39.7. The highest BCUT2D eigenvalue weighted by atomic mass is 19.4. The SMILES string of the molecule is C[C@@H](OCC(F)(F)F)C(C)(C)C. The fraction of sp³-hybridized carbons (Fsp3) is 1.00. The van der Waals surface area contributed by atoms with Crippen molar-refractivity contribution in [2.45, 2.75) is 40.0 Å². The summed E-state index contributed by atoms with van der Waals surface area (Å²) in [7, 11) is 0. The first-order chi connectivity index (χ1) is 5.13. The van der Waals surface area contributed by atoms with E-state index in [9.17, 15) is 13.2 Å². The quantitative estimate of drug-likeness (QED) is 0.641. The third kappa shape index (κ3) is 5.41. The summed E-state index contributed by atoms with van der Waals surface area (Å²) in [6.45, 7) is 6.01. The Hall–Kier alpha value is -0.250. The average Bonchev–Trinajstić information content (AvgIpc) is 1.78. The van der Waals surface area contributed by atoms with E-state index in [0.29, 0.717) is 0 Å². The lowest BCUT2D eigenvalue weighted by atomic mass is 9.90. The normalized spacial score (nSPS) is 16.2. The number of hydrogen-bond acceptors (Lipinski definition) is 1. The Labute approximate surface area is 70.9 Å². The van der Waals surface area contributed by atoms with E-state index in [1.807, 2.05) is 20.8 Å². The molecule has 74 valence electrons. The van der Waals surface area contributed by atoms with E-state index < -0.39 is 12.8 Å². The van der Waals surface area contributed by atoms with Gasteiger partial charge in [-0.15, -0.1) is 0 Å². The number of hydrogen-bond donors (Lipinski definition) is 0. The van der Waals surface area contributed by atoms with Crippen molar-refractivity contribution in [1.29, 1.82) is 0 Å². The molecule has 4 heteroatoms. The zero-order valence-corrected chi connectivity index (χ0v) is 7.83. The van der Waals surface area contributed by atoms with E-state index in [1.165, 1.54) is 0 Å². The molecular formula is C8H15F3O. The molecule has 0 amide bonds. The molecule has 0 aromatic heterocycles. The zero-order valence-electron chi connectivity index (χ0n) is 7.83. The monoisotopic (exact) mass is 184 g/mol. The summed E-state index contributed by atoms with van der Waals surface area (Å²) in [6, 6.07) is 0. The van der Waals surface area contributed by atoms with E-state index >= 15 is 0 Å². The van der Waals surface area contributed by atoms with Crippen molar-refractivity contribution in [1.82, 2.24) is 0 Å². The summed E-state index contributed by atoms with van der Waals surface area (Å²) in [5.74, 6) is 0. The van der Waals surface area contributed by atoms with Crippen molar-refractivity contribution in [3.05, 3.63) is 0 Å². The van der Waals surface area contributed by atoms with Gasteiger partial charge in [-0.25, -0.2) is 0 Å². The van der Waals surface area contributed by atoms with Gasteiger partial charge in [0.2, 0.25) is 0 Å². The molecule has 0 aliphatic carbocycles. The van der Waals surface area contributed by atoms with Crippen LogP contribution in [0.5, 0.6) is 0 Å². The van der Waals surface area contributed by atoms with Gasteiger partial charge in [0.25, 0.3) is 0 Å². The number of halogens is 3. The molecule has 1 nitrogen and oxygen atoms in total. The summed E-state index contributed by atoms with van der Waals surface area (Å²) in [5.41, 5.74) is -0.245. The number of rotatable bonds is 2. The van der Waals surface area contributed by atoms with Crippen molar-refractivity contribution in [2.24, 2.45) is 5.41 Å². The topological polar surface area (TPSA) is 9.23 Å². The van der Waals surface area contributed by atoms with Crippen LogP contribution in [-0.4, -0.2) is 18.9 Å². The van der Waals surface area contributed by atoms with Gasteiger partial charge in [0, 0.05) is 0 Å². The lowest BCUT2D eigenvalue weighted by Crippen LogP contribution is -2.30. The van der Waals surface area contributed by atoms with Gasteiger partial charge in [-0.2, -0.15) is 13.2 Å². The molecule has 0 aromatic carbocycles. The van der Waals surface area contributed by atoms with Gasteiger partial charge in [0.1, 0.15) is 6.61 Å². The molecule has 0 aliphatic heterocycles. The molecule has 0 radical (unpaired) electrons. The van der Waals surface area contributed by atoms with Crippen LogP contribution in [0.4, 0.5) is 13.2 Å². The van der Waals surface area contributed by atoms with E-state index in [0.717, 1.165) is 0 Å². The van der Waals surface area contributed by atoms with Gasteiger partial charge in [-0.05, 0) is 12.3 Å². The maximum absolute atomic E-state index is 11.7. The van der Waals surface area contributed by atoms with Gasteiger partial charge in [0.05, 0.1) is 6.10 Å². The van der Waals surface area contributed by atoms with Gasteiger partial charge in [0.15, 0.2) is 0 Å². The van der Waals surface area contributed by atoms with E-state index in [-0.39, 0.29) is 11.5 Å². The van der Waals surface area contributed by atoms with Gasteiger partial charge in [-0.1, -0.05) is 20.8 Å². The zero-order chi connectivity index (χ0) is 9.99. The largest absolute Gasteiger partial charge is 0.411 e. The summed E-state index contributed by atoms with van der Waals surface area (Å²) in [5, 5.41) is 0. The lowest BCUT2D eigenvalue weighted by Gasteiger charge is -2.27. The fourth-order valence-corrected chi connectivity index (χ4v) is 0.469. The summed E-state index contributed by atoms with van der Waals surface area (Å²) in [4.78, 5) is 0. The van der Waals surface area contributed by atoms with Crippen LogP contribution in [-0.2, 0) is 4.74 Å². The van der Waals surface area contributed by atoms with Crippen molar-refractivity contribution in [3.63, 3.8) is 0 Å². The maximum Gasteiger partial charge on any atom is 0.411 e. The number of alkyl halides is 3. The number of ether oxygens (including phenoxy) is 1. The Balaban J connectivity index is 3.80. The molecule has 12 heavy (non-hydrogen) atoms. The maximum atomic E-state index is 11.7. The molecule has 0 N–H and O–H groups in total. The molecule has 0 fully saturated rings. The van der Waals surface area contributed by atoms with Crippen LogP contribution in [0.15, 0.2) is 0 Å². The Bertz CT molecular complexity index is 134. The molecule has 0 unspecified atom stereocenters. The molecular weight excluding hydrogens is 169 g/mol. The Morgan fingerprint density at radius 3 is 1.83 bits per heavy atom. The van der Waals surface area contributed by atoms with E-state index in [1.54, 1.807) is 6.92 Å². The predicted octanol–water partition coefficient (Wildman–Crippen LogP) is 3.00. The van der Waals surface area contributed by atoms with Gasteiger partial charge in [-0.3, -0.25) is 0 Å². The second-order valence-corrected chi connectivity index (χ2v) is 3.93. The predicted molar refractivity (Wildman–Crippen MR) is 40.9 cm³/mol. The Morgan fingerprint density at radius 2 is 1.58 bits per heavy atom. The smallest absolute Gasteiger partial charge is 0.369 e. The Morgan fingerprint density at radius 1 is 1.17 bits per heavy atom. The van der Waals surface area contributed by atoms with Crippen molar-refractivity contribution in [3.8, 4) is 0 Å². The van der Waals surface area contributed by atoms with Crippen molar-refractivity contribution < 1.29 is 17.9 Å². The van der Waals surface area contributed by atoms with Crippen LogP contribution in [0.25, 0.3) is 0 Å². The minimum Gasteiger partial charge on any atom is -0.369 e. The van der Waals surface area contributed by atoms with Gasteiger partial charge >= 0.3 is 6.18 Å². The molecule has 0 rings (SSSR count). The molecule has 0 heterocycles. The first-order valence-corrected chi connectivity index (χ1v) is 3.81. The van der Waals surface area contributed by atoms with Crippen LogP contribution in [0.1, 0.15) is 27.7 Å². The Kier molecular flexibility index (Phi) is 3.57. The van der Waals surface area contributed by atoms with Crippen LogP contribution < -0.4 is 0 Å². The van der Waals surface area contributed by atoms with E-state index in [4.69, 9.17) is 0 Å². The molecule has 0 bridgehead atoms. The molecule has 0 saturated heterocycles. The summed E-state index contributed by atoms with van der Waals surface area (Å²) >= 11 is 0. The van der Waals surface area contributed by atoms with Crippen molar-refractivity contribution in [2.75, 3.05) is 6.61 Å². The highest BCUT2D eigenvalue weighted by molar-refractivity contribution is 4.70. The highest BCUT2D eigenvalue weighted by Gasteiger charge is 2.31. The van der Waals surface area contributed by atoms with E-state index in [2.05, 4.69) is 4.74 Å². The van der Waals surface area contributed by atoms with Crippen LogP contribution >= 0.6 is 0 Å². The standard InChI is InChI=1S/C8H15F3O/c1-6(7(2,3)4)12-5-8(9,10)11/h6H,5H2,1-4H3/t6-/m1/s1. The highest BCUT2D eigenvalue weighted by Crippen LogP contribution is 2.24. The van der Waals surface area contributed by atoms with Crippen LogP contribution in [0, 0.1) is 5.41 Å². The summed E-state index contributed by atoms with van der Waals surface area (Å²) in [6.07, 6.45) is -4.61. The minimum atomic E-state index is -4.22. The molecule has 1 atom stereocenters. The third-order valence-electron chi connectivity index (χ3n) is 1.72. The van der Waals surface area contributed by atoms with Crippen LogP contribution in [0.3, 0.4) is 0 Å². The first kappa shape index (κ1) is 11.8. The van der Waals surface area contributed by atoms with Crippen LogP contribution in [0.2, 0.25) is 0 Å². The van der Waals surface area contributed by atoms with Crippen molar-refractivity contribution >= 4 is 0 Å². The first-order valence-electron chi connectivity index (χ1n) is 3.81. The van der Waals surface area contributed by atoms with Gasteiger partial charge < -0.3 is 4.74 Å². The molecule has 0 aromatic rings. The third-order valence-corrected chi connectivity index (χ3v) is 1.72. The fourth-order valence-electron chi connectivity index (χ4n) is 0.469. The minimum absolute atomic E-state index is 0.245. The second kappa shape index (κ2) is 3.64.